The molecule has 7 nitrogen and oxygen atoms in total. The Balaban J connectivity index is 2.02. The van der Waals surface area contributed by atoms with E-state index in [0.29, 0.717) is 17.1 Å². The molecular weight excluding hydrogens is 426 g/mol. The summed E-state index contributed by atoms with van der Waals surface area (Å²) in [6, 6.07) is 5.18. The summed E-state index contributed by atoms with van der Waals surface area (Å²) in [5.74, 6) is -0.801. The van der Waals surface area contributed by atoms with E-state index in [0.717, 1.165) is 35.6 Å². The topological polar surface area (TPSA) is 86.8 Å². The summed E-state index contributed by atoms with van der Waals surface area (Å²) in [7, 11) is -3.64. The molecule has 2 aliphatic rings. The Hall–Kier alpha value is -1.64. The van der Waals surface area contributed by atoms with Crippen LogP contribution < -0.4 is 10.2 Å². The number of halogens is 1. The van der Waals surface area contributed by atoms with E-state index in [9.17, 15) is 18.0 Å². The van der Waals surface area contributed by atoms with Gasteiger partial charge in [-0.3, -0.25) is 14.5 Å². The number of aryl methyl sites for hydroxylation is 1. The SMILES string of the molecule is CCCS(=O)(=O)N1CC(=O)N(c2ccc(Cl)cc2C)[C@](C)(C(=O)NC2CCCC2)C1. The van der Waals surface area contributed by atoms with Gasteiger partial charge in [-0.25, -0.2) is 8.42 Å². The maximum Gasteiger partial charge on any atom is 0.247 e. The Morgan fingerprint density at radius 2 is 1.97 bits per heavy atom. The van der Waals surface area contributed by atoms with Gasteiger partial charge in [0, 0.05) is 23.3 Å². The molecule has 1 aliphatic carbocycles. The van der Waals surface area contributed by atoms with Crippen molar-refractivity contribution in [2.24, 2.45) is 0 Å². The minimum Gasteiger partial charge on any atom is -0.351 e. The Bertz CT molecular complexity index is 930. The molecule has 1 aliphatic heterocycles. The van der Waals surface area contributed by atoms with Crippen LogP contribution in [0, 0.1) is 6.92 Å². The minimum absolute atomic E-state index is 0.0550. The van der Waals surface area contributed by atoms with Gasteiger partial charge in [-0.2, -0.15) is 4.31 Å². The van der Waals surface area contributed by atoms with Crippen LogP contribution in [0.2, 0.25) is 5.02 Å². The molecule has 1 atom stereocenters. The van der Waals surface area contributed by atoms with E-state index in [1.54, 1.807) is 32.0 Å². The lowest BCUT2D eigenvalue weighted by Gasteiger charge is -2.47. The fraction of sp³-hybridized carbons (Fsp3) is 0.619. The fourth-order valence-electron chi connectivity index (χ4n) is 4.40. The highest BCUT2D eigenvalue weighted by Gasteiger charge is 2.51. The monoisotopic (exact) mass is 455 g/mol. The van der Waals surface area contributed by atoms with Gasteiger partial charge in [0.15, 0.2) is 0 Å². The van der Waals surface area contributed by atoms with Crippen molar-refractivity contribution in [1.29, 1.82) is 0 Å². The van der Waals surface area contributed by atoms with Crippen molar-refractivity contribution in [2.75, 3.05) is 23.7 Å². The van der Waals surface area contributed by atoms with Crippen LogP contribution in [0.25, 0.3) is 0 Å². The summed E-state index contributed by atoms with van der Waals surface area (Å²) in [5, 5.41) is 3.60. The predicted molar refractivity (Wildman–Crippen MR) is 118 cm³/mol. The van der Waals surface area contributed by atoms with Crippen LogP contribution >= 0.6 is 11.6 Å². The second kappa shape index (κ2) is 8.85. The van der Waals surface area contributed by atoms with Crippen LogP contribution in [0.1, 0.15) is 51.5 Å². The average molecular weight is 456 g/mol. The van der Waals surface area contributed by atoms with Crippen LogP contribution in [-0.4, -0.2) is 55.0 Å². The van der Waals surface area contributed by atoms with E-state index >= 15 is 0 Å². The number of nitrogens with one attached hydrogen (secondary N) is 1. The molecule has 0 radical (unpaired) electrons. The van der Waals surface area contributed by atoms with E-state index in [2.05, 4.69) is 5.32 Å². The van der Waals surface area contributed by atoms with Crippen molar-refractivity contribution in [3.8, 4) is 0 Å². The second-order valence-electron chi connectivity index (χ2n) is 8.47. The summed E-state index contributed by atoms with van der Waals surface area (Å²) in [4.78, 5) is 28.2. The maximum absolute atomic E-state index is 13.5. The molecule has 0 bridgehead atoms. The summed E-state index contributed by atoms with van der Waals surface area (Å²) < 4.78 is 26.7. The number of piperazine rings is 1. The molecule has 1 aromatic carbocycles. The van der Waals surface area contributed by atoms with Gasteiger partial charge in [0.25, 0.3) is 0 Å². The third-order valence-corrected chi connectivity index (χ3v) is 8.18. The molecule has 9 heteroatoms. The lowest BCUT2D eigenvalue weighted by atomic mass is 9.93. The highest BCUT2D eigenvalue weighted by Crippen LogP contribution is 2.34. The van der Waals surface area contributed by atoms with Gasteiger partial charge in [-0.15, -0.1) is 0 Å². The molecule has 2 amide bonds. The first kappa shape index (κ1) is 23.0. The molecule has 2 fully saturated rings. The predicted octanol–water partition coefficient (Wildman–Crippen LogP) is 2.85. The van der Waals surface area contributed by atoms with Crippen LogP contribution in [0.4, 0.5) is 5.69 Å². The van der Waals surface area contributed by atoms with E-state index < -0.39 is 21.5 Å². The van der Waals surface area contributed by atoms with Gasteiger partial charge in [0.2, 0.25) is 21.8 Å². The number of hydrogen-bond donors (Lipinski definition) is 1. The highest BCUT2D eigenvalue weighted by atomic mass is 35.5. The molecule has 1 heterocycles. The number of hydrogen-bond acceptors (Lipinski definition) is 4. The summed E-state index contributed by atoms with van der Waals surface area (Å²) in [6.45, 7) is 4.89. The van der Waals surface area contributed by atoms with Gasteiger partial charge in [-0.05, 0) is 56.9 Å². The van der Waals surface area contributed by atoms with Crippen LogP contribution in [0.5, 0.6) is 0 Å². The van der Waals surface area contributed by atoms with E-state index in [4.69, 9.17) is 11.6 Å². The number of nitrogens with zero attached hydrogens (tertiary/aromatic N) is 2. The molecule has 30 heavy (non-hydrogen) atoms. The van der Waals surface area contributed by atoms with E-state index in [1.807, 2.05) is 6.92 Å². The zero-order valence-electron chi connectivity index (χ0n) is 17.8. The zero-order valence-corrected chi connectivity index (χ0v) is 19.4. The zero-order chi connectivity index (χ0) is 22.1. The number of amides is 2. The maximum atomic E-state index is 13.5. The van der Waals surface area contributed by atoms with E-state index in [1.165, 1.54) is 4.90 Å². The molecular formula is C21H30ClN3O4S. The third kappa shape index (κ3) is 4.50. The third-order valence-electron chi connectivity index (χ3n) is 5.97. The molecule has 1 N–H and O–H groups in total. The minimum atomic E-state index is -3.64. The molecule has 1 saturated carbocycles. The first-order valence-corrected chi connectivity index (χ1v) is 12.4. The number of benzene rings is 1. The molecule has 0 spiro atoms. The fourth-order valence-corrected chi connectivity index (χ4v) is 6.16. The highest BCUT2D eigenvalue weighted by molar-refractivity contribution is 7.89. The van der Waals surface area contributed by atoms with Crippen molar-refractivity contribution in [3.63, 3.8) is 0 Å². The number of rotatable bonds is 6. The molecule has 0 aromatic heterocycles. The van der Waals surface area contributed by atoms with Gasteiger partial charge >= 0.3 is 0 Å². The van der Waals surface area contributed by atoms with Crippen LogP contribution in [0.15, 0.2) is 18.2 Å². The molecule has 166 valence electrons. The lowest BCUT2D eigenvalue weighted by molar-refractivity contribution is -0.133. The van der Waals surface area contributed by atoms with Gasteiger partial charge in [0.1, 0.15) is 5.54 Å². The average Bonchev–Trinajstić information content (AvgIpc) is 3.15. The molecule has 1 aromatic rings. The summed E-state index contributed by atoms with van der Waals surface area (Å²) >= 11 is 6.09. The first-order chi connectivity index (χ1) is 14.1. The van der Waals surface area contributed by atoms with Gasteiger partial charge in [-0.1, -0.05) is 31.4 Å². The quantitative estimate of drug-likeness (QED) is 0.714. The smallest absolute Gasteiger partial charge is 0.247 e. The van der Waals surface area contributed by atoms with Crippen LogP contribution in [-0.2, 0) is 19.6 Å². The Morgan fingerprint density at radius 3 is 2.57 bits per heavy atom. The standard InChI is InChI=1S/C21H30ClN3O4S/c1-4-11-30(28,29)24-13-19(26)25(18-10-9-16(22)12-15(18)2)21(3,14-24)20(27)23-17-7-5-6-8-17/h9-10,12,17H,4-8,11,13-14H2,1-3H3,(H,23,27)/t21-/m0/s1. The number of carbonyl (C=O) groups is 2. The molecule has 3 rings (SSSR count). The first-order valence-electron chi connectivity index (χ1n) is 10.5. The Labute approximate surface area is 183 Å². The number of carbonyl (C=O) groups excluding carboxylic acids is 2. The lowest BCUT2D eigenvalue weighted by Crippen LogP contribution is -2.71. The van der Waals surface area contributed by atoms with Crippen molar-refractivity contribution in [3.05, 3.63) is 28.8 Å². The second-order valence-corrected chi connectivity index (χ2v) is 11.0. The van der Waals surface area contributed by atoms with Gasteiger partial charge in [0.05, 0.1) is 12.3 Å². The van der Waals surface area contributed by atoms with E-state index in [-0.39, 0.29) is 30.8 Å². The largest absolute Gasteiger partial charge is 0.351 e. The normalized spacial score (nSPS) is 23.7. The number of anilines is 1. The van der Waals surface area contributed by atoms with Crippen molar-refractivity contribution < 1.29 is 18.0 Å². The van der Waals surface area contributed by atoms with Crippen molar-refractivity contribution in [2.45, 2.75) is 64.5 Å². The Morgan fingerprint density at radius 1 is 1.30 bits per heavy atom. The van der Waals surface area contributed by atoms with Crippen LogP contribution in [0.3, 0.4) is 0 Å². The summed E-state index contributed by atoms with van der Waals surface area (Å²) in [6.07, 6.45) is 4.34. The summed E-state index contributed by atoms with van der Waals surface area (Å²) in [5.41, 5.74) is -0.0428. The molecule has 1 saturated heterocycles. The Kier molecular flexibility index (Phi) is 6.79. The van der Waals surface area contributed by atoms with Gasteiger partial charge < -0.3 is 5.32 Å². The molecule has 0 unspecified atom stereocenters. The van der Waals surface area contributed by atoms with Crippen molar-refractivity contribution in [1.82, 2.24) is 9.62 Å². The number of sulfonamides is 1. The van der Waals surface area contributed by atoms with Crippen molar-refractivity contribution >= 4 is 39.1 Å².